The van der Waals surface area contributed by atoms with Crippen LogP contribution in [0.3, 0.4) is 0 Å². The van der Waals surface area contributed by atoms with Crippen LogP contribution in [0.15, 0.2) is 24.8 Å². The summed E-state index contributed by atoms with van der Waals surface area (Å²) < 4.78 is 30.5. The lowest BCUT2D eigenvalue weighted by atomic mass is 10.1. The Kier molecular flexibility index (Phi) is 4.47. The summed E-state index contributed by atoms with van der Waals surface area (Å²) in [5.41, 5.74) is 1.58. The molecule has 0 aliphatic rings. The molecule has 0 unspecified atom stereocenters. The molecular weight excluding hydrogens is 210 g/mol. The Hall–Kier alpha value is -1.38. The molecule has 88 valence electrons. The molecular formula is C13H16F2O. The molecule has 0 N–H and O–H groups in total. The van der Waals surface area contributed by atoms with Gasteiger partial charge in [0, 0.05) is 11.1 Å². The summed E-state index contributed by atoms with van der Waals surface area (Å²) in [6, 6.07) is 4.44. The molecule has 0 amide bonds. The smallest absolute Gasteiger partial charge is 0.263 e. The van der Waals surface area contributed by atoms with Crippen LogP contribution in [0.2, 0.25) is 0 Å². The second kappa shape index (κ2) is 5.64. The van der Waals surface area contributed by atoms with Crippen LogP contribution in [0.25, 0.3) is 5.57 Å². The Morgan fingerprint density at radius 3 is 2.62 bits per heavy atom. The summed E-state index contributed by atoms with van der Waals surface area (Å²) in [6.45, 7) is 8.12. The van der Waals surface area contributed by atoms with E-state index in [1.165, 1.54) is 12.1 Å². The predicted molar refractivity (Wildman–Crippen MR) is 61.9 cm³/mol. The Labute approximate surface area is 94.7 Å². The van der Waals surface area contributed by atoms with Crippen molar-refractivity contribution in [3.63, 3.8) is 0 Å². The van der Waals surface area contributed by atoms with Gasteiger partial charge in [0.05, 0.1) is 6.61 Å². The van der Waals surface area contributed by atoms with Gasteiger partial charge in [-0.15, -0.1) is 0 Å². The van der Waals surface area contributed by atoms with Crippen molar-refractivity contribution in [2.45, 2.75) is 26.7 Å². The predicted octanol–water partition coefficient (Wildman–Crippen LogP) is 4.45. The van der Waals surface area contributed by atoms with Gasteiger partial charge in [-0.1, -0.05) is 25.6 Å². The number of hydrogen-bond donors (Lipinski definition) is 0. The van der Waals surface area contributed by atoms with Crippen LogP contribution in [0.1, 0.15) is 37.8 Å². The van der Waals surface area contributed by atoms with Crippen molar-refractivity contribution in [2.75, 3.05) is 6.61 Å². The van der Waals surface area contributed by atoms with Gasteiger partial charge in [0.2, 0.25) is 0 Å². The minimum Gasteiger partial charge on any atom is -0.493 e. The van der Waals surface area contributed by atoms with E-state index < -0.39 is 6.43 Å². The largest absolute Gasteiger partial charge is 0.493 e. The zero-order valence-corrected chi connectivity index (χ0v) is 9.59. The fraction of sp³-hybridized carbons (Fsp3) is 0.385. The van der Waals surface area contributed by atoms with E-state index in [2.05, 4.69) is 6.58 Å². The number of rotatable bonds is 5. The molecule has 0 heterocycles. The average Bonchev–Trinajstić information content (AvgIpc) is 2.25. The summed E-state index contributed by atoms with van der Waals surface area (Å²) in [5, 5.41) is 0. The van der Waals surface area contributed by atoms with Crippen molar-refractivity contribution in [3.05, 3.63) is 35.9 Å². The van der Waals surface area contributed by atoms with Gasteiger partial charge in [-0.2, -0.15) is 0 Å². The maximum absolute atomic E-state index is 12.5. The Morgan fingerprint density at radius 2 is 2.12 bits per heavy atom. The van der Waals surface area contributed by atoms with E-state index in [0.29, 0.717) is 12.4 Å². The fourth-order valence-electron chi connectivity index (χ4n) is 1.36. The summed E-state index contributed by atoms with van der Waals surface area (Å²) in [5.74, 6) is 0.493. The summed E-state index contributed by atoms with van der Waals surface area (Å²) in [7, 11) is 0. The second-order valence-corrected chi connectivity index (χ2v) is 3.69. The molecule has 0 radical (unpaired) electrons. The van der Waals surface area contributed by atoms with Crippen LogP contribution < -0.4 is 4.74 Å². The molecule has 0 fully saturated rings. The van der Waals surface area contributed by atoms with Crippen LogP contribution in [0.5, 0.6) is 5.75 Å². The first kappa shape index (κ1) is 12.7. The van der Waals surface area contributed by atoms with E-state index >= 15 is 0 Å². The molecule has 0 saturated heterocycles. The van der Waals surface area contributed by atoms with E-state index in [0.717, 1.165) is 17.6 Å². The number of halogens is 2. The molecule has 0 bridgehead atoms. The van der Waals surface area contributed by atoms with E-state index in [4.69, 9.17) is 4.74 Å². The van der Waals surface area contributed by atoms with Gasteiger partial charge < -0.3 is 4.74 Å². The standard InChI is InChI=1S/C13H16F2O/c1-4-7-16-12-8-10(13(14)15)5-6-11(12)9(2)3/h5-6,8,13H,2,4,7H2,1,3H3. The maximum atomic E-state index is 12.5. The van der Waals surface area contributed by atoms with Gasteiger partial charge in [-0.3, -0.25) is 0 Å². The highest BCUT2D eigenvalue weighted by Gasteiger charge is 2.11. The molecule has 0 aliphatic heterocycles. The van der Waals surface area contributed by atoms with Crippen molar-refractivity contribution >= 4 is 5.57 Å². The average molecular weight is 226 g/mol. The van der Waals surface area contributed by atoms with Crippen LogP contribution >= 0.6 is 0 Å². The first-order chi connectivity index (χ1) is 7.56. The molecule has 0 spiro atoms. The van der Waals surface area contributed by atoms with Gasteiger partial charge in [0.15, 0.2) is 0 Å². The lowest BCUT2D eigenvalue weighted by Crippen LogP contribution is -1.99. The number of ether oxygens (including phenoxy) is 1. The van der Waals surface area contributed by atoms with Gasteiger partial charge >= 0.3 is 0 Å². The van der Waals surface area contributed by atoms with E-state index in [1.807, 2.05) is 13.8 Å². The molecule has 16 heavy (non-hydrogen) atoms. The van der Waals surface area contributed by atoms with Crippen molar-refractivity contribution in [2.24, 2.45) is 0 Å². The van der Waals surface area contributed by atoms with Gasteiger partial charge in [-0.25, -0.2) is 8.78 Å². The zero-order valence-electron chi connectivity index (χ0n) is 9.59. The summed E-state index contributed by atoms with van der Waals surface area (Å²) in [6.07, 6.45) is -1.63. The minimum absolute atomic E-state index is 0.0175. The van der Waals surface area contributed by atoms with Crippen molar-refractivity contribution in [3.8, 4) is 5.75 Å². The molecule has 1 aromatic carbocycles. The van der Waals surface area contributed by atoms with Crippen LogP contribution in [0, 0.1) is 0 Å². The first-order valence-electron chi connectivity index (χ1n) is 5.27. The zero-order chi connectivity index (χ0) is 12.1. The van der Waals surface area contributed by atoms with Gasteiger partial charge in [-0.05, 0) is 25.0 Å². The summed E-state index contributed by atoms with van der Waals surface area (Å²) in [4.78, 5) is 0. The van der Waals surface area contributed by atoms with E-state index in [9.17, 15) is 8.78 Å². The molecule has 0 saturated carbocycles. The van der Waals surface area contributed by atoms with Gasteiger partial charge in [0.25, 0.3) is 6.43 Å². The van der Waals surface area contributed by atoms with Crippen LogP contribution in [0.4, 0.5) is 8.78 Å². The molecule has 0 atom stereocenters. The quantitative estimate of drug-likeness (QED) is 0.720. The monoisotopic (exact) mass is 226 g/mol. The third kappa shape index (κ3) is 3.05. The Balaban J connectivity index is 3.05. The number of alkyl halides is 2. The van der Waals surface area contributed by atoms with Gasteiger partial charge in [0.1, 0.15) is 5.75 Å². The third-order valence-corrected chi connectivity index (χ3v) is 2.18. The lowest BCUT2D eigenvalue weighted by molar-refractivity contribution is 0.151. The maximum Gasteiger partial charge on any atom is 0.263 e. The highest BCUT2D eigenvalue weighted by atomic mass is 19.3. The normalized spacial score (nSPS) is 10.6. The molecule has 1 aromatic rings. The molecule has 1 nitrogen and oxygen atoms in total. The number of allylic oxidation sites excluding steroid dienone is 1. The van der Waals surface area contributed by atoms with Crippen LogP contribution in [-0.2, 0) is 0 Å². The molecule has 1 rings (SSSR count). The second-order valence-electron chi connectivity index (χ2n) is 3.69. The third-order valence-electron chi connectivity index (χ3n) is 2.18. The van der Waals surface area contributed by atoms with E-state index in [-0.39, 0.29) is 5.56 Å². The first-order valence-corrected chi connectivity index (χ1v) is 5.27. The number of benzene rings is 1. The number of hydrogen-bond acceptors (Lipinski definition) is 1. The molecule has 3 heteroatoms. The highest BCUT2D eigenvalue weighted by molar-refractivity contribution is 5.67. The van der Waals surface area contributed by atoms with Crippen molar-refractivity contribution in [1.82, 2.24) is 0 Å². The van der Waals surface area contributed by atoms with Crippen molar-refractivity contribution in [1.29, 1.82) is 0 Å². The van der Waals surface area contributed by atoms with Crippen LogP contribution in [-0.4, -0.2) is 6.61 Å². The molecule has 0 aliphatic carbocycles. The van der Waals surface area contributed by atoms with E-state index in [1.54, 1.807) is 6.07 Å². The topological polar surface area (TPSA) is 9.23 Å². The lowest BCUT2D eigenvalue weighted by Gasteiger charge is -2.12. The highest BCUT2D eigenvalue weighted by Crippen LogP contribution is 2.30. The summed E-state index contributed by atoms with van der Waals surface area (Å²) >= 11 is 0. The molecule has 0 aromatic heterocycles. The Bertz CT molecular complexity index is 372. The Morgan fingerprint density at radius 1 is 1.44 bits per heavy atom. The minimum atomic E-state index is -2.47. The SMILES string of the molecule is C=C(C)c1ccc(C(F)F)cc1OCCC. The fourth-order valence-corrected chi connectivity index (χ4v) is 1.36. The van der Waals surface area contributed by atoms with Crippen molar-refractivity contribution < 1.29 is 13.5 Å².